The van der Waals surface area contributed by atoms with Crippen LogP contribution < -0.4 is 0 Å². The van der Waals surface area contributed by atoms with Crippen molar-refractivity contribution in [3.8, 4) is 0 Å². The maximum absolute atomic E-state index is 6.01. The summed E-state index contributed by atoms with van der Waals surface area (Å²) in [6.45, 7) is 1.00. The van der Waals surface area contributed by atoms with Gasteiger partial charge in [0.25, 0.3) is 0 Å². The van der Waals surface area contributed by atoms with Crippen LogP contribution in [-0.4, -0.2) is 37.0 Å². The highest BCUT2D eigenvalue weighted by Gasteiger charge is 2.18. The van der Waals surface area contributed by atoms with E-state index in [9.17, 15) is 0 Å². The highest BCUT2D eigenvalue weighted by molar-refractivity contribution is 8.06. The molecule has 0 aromatic carbocycles. The summed E-state index contributed by atoms with van der Waals surface area (Å²) < 4.78 is 2.26. The van der Waals surface area contributed by atoms with Crippen LogP contribution in [0.4, 0.5) is 0 Å². The number of alkyl halides is 1. The zero-order chi connectivity index (χ0) is 12.4. The van der Waals surface area contributed by atoms with Gasteiger partial charge in [0.1, 0.15) is 11.3 Å². The molecule has 0 saturated carbocycles. The Morgan fingerprint density at radius 1 is 1.44 bits per heavy atom. The van der Waals surface area contributed by atoms with E-state index in [1.54, 1.807) is 0 Å². The molecule has 1 aliphatic heterocycles. The third-order valence-corrected chi connectivity index (χ3v) is 6.09. The normalized spacial score (nSPS) is 20.4. The average molecular weight is 300 g/mol. The van der Waals surface area contributed by atoms with Gasteiger partial charge in [-0.25, -0.2) is 4.98 Å². The molecular formula is C12H14ClN3S2. The number of fused-ring (bicyclic) bond motifs is 1. The van der Waals surface area contributed by atoms with Crippen molar-refractivity contribution >= 4 is 46.2 Å². The summed E-state index contributed by atoms with van der Waals surface area (Å²) in [5, 5.41) is 0.663. The van der Waals surface area contributed by atoms with E-state index in [-0.39, 0.29) is 0 Å². The first-order valence-corrected chi connectivity index (χ1v) is 8.66. The Bertz CT molecular complexity index is 537. The number of hydrogen-bond donors (Lipinski definition) is 0. The summed E-state index contributed by atoms with van der Waals surface area (Å²) in [5.74, 6) is 5.16. The zero-order valence-electron chi connectivity index (χ0n) is 9.88. The van der Waals surface area contributed by atoms with E-state index in [1.807, 2.05) is 30.2 Å². The lowest BCUT2D eigenvalue weighted by Crippen LogP contribution is -2.21. The van der Waals surface area contributed by atoms with Crippen LogP contribution in [0.2, 0.25) is 0 Å². The third-order valence-electron chi connectivity index (χ3n) is 3.02. The van der Waals surface area contributed by atoms with Crippen LogP contribution in [0.5, 0.6) is 0 Å². The molecule has 0 aliphatic carbocycles. The number of pyridine rings is 1. The number of thioether (sulfide) groups is 2. The zero-order valence-corrected chi connectivity index (χ0v) is 12.3. The Morgan fingerprint density at radius 3 is 3.17 bits per heavy atom. The van der Waals surface area contributed by atoms with Gasteiger partial charge < -0.3 is 4.57 Å². The monoisotopic (exact) mass is 299 g/mol. The van der Waals surface area contributed by atoms with Crippen LogP contribution in [0.15, 0.2) is 18.5 Å². The number of nitrogens with zero attached hydrogens (tertiary/aromatic N) is 3. The lowest BCUT2D eigenvalue weighted by atomic mass is 10.4. The smallest absolute Gasteiger partial charge is 0.124 e. The fourth-order valence-electron chi connectivity index (χ4n) is 2.18. The molecule has 1 aliphatic rings. The molecule has 2 aromatic heterocycles. The second kappa shape index (κ2) is 5.72. The van der Waals surface area contributed by atoms with Gasteiger partial charge in [-0.05, 0) is 6.07 Å². The van der Waals surface area contributed by atoms with Gasteiger partial charge in [0, 0.05) is 35.3 Å². The van der Waals surface area contributed by atoms with Crippen molar-refractivity contribution in [2.75, 3.05) is 17.3 Å². The lowest BCUT2D eigenvalue weighted by molar-refractivity contribution is 0.687. The van der Waals surface area contributed by atoms with Crippen molar-refractivity contribution in [1.82, 2.24) is 14.5 Å². The Labute approximate surface area is 120 Å². The first-order chi connectivity index (χ1) is 8.88. The Balaban J connectivity index is 1.93. The average Bonchev–Trinajstić information content (AvgIpc) is 2.78. The number of imidazole rings is 1. The molecule has 0 bridgehead atoms. The van der Waals surface area contributed by atoms with Crippen LogP contribution in [-0.2, 0) is 12.4 Å². The first-order valence-electron chi connectivity index (χ1n) is 5.93. The maximum atomic E-state index is 6.01. The minimum atomic E-state index is 0.458. The second-order valence-electron chi connectivity index (χ2n) is 4.20. The molecule has 18 heavy (non-hydrogen) atoms. The summed E-state index contributed by atoms with van der Waals surface area (Å²) in [7, 11) is 0. The molecule has 6 heteroatoms. The van der Waals surface area contributed by atoms with E-state index in [2.05, 4.69) is 26.3 Å². The Kier molecular flexibility index (Phi) is 4.01. The molecule has 1 atom stereocenters. The summed E-state index contributed by atoms with van der Waals surface area (Å²) in [6, 6.07) is 2.03. The number of halogens is 1. The molecule has 96 valence electrons. The highest BCUT2D eigenvalue weighted by atomic mass is 35.5. The molecular weight excluding hydrogens is 286 g/mol. The lowest BCUT2D eigenvalue weighted by Gasteiger charge is -2.22. The van der Waals surface area contributed by atoms with Crippen molar-refractivity contribution < 1.29 is 0 Å². The van der Waals surface area contributed by atoms with Gasteiger partial charge >= 0.3 is 0 Å². The van der Waals surface area contributed by atoms with Gasteiger partial charge in [-0.1, -0.05) is 0 Å². The number of hydrogen-bond acceptors (Lipinski definition) is 4. The molecule has 0 N–H and O–H groups in total. The molecule has 1 unspecified atom stereocenters. The largest absolute Gasteiger partial charge is 0.326 e. The van der Waals surface area contributed by atoms with Gasteiger partial charge in [0.05, 0.1) is 17.6 Å². The van der Waals surface area contributed by atoms with Crippen molar-refractivity contribution in [3.63, 3.8) is 0 Å². The number of rotatable bonds is 3. The molecule has 0 radical (unpaired) electrons. The standard InChI is InChI=1S/C12H14ClN3S2/c13-5-12-15-10-6-14-2-1-11(10)16(12)7-9-8-17-3-4-18-9/h1-2,6,9H,3-5,7-8H2. The molecule has 3 rings (SSSR count). The molecule has 0 amide bonds. The fourth-order valence-corrected chi connectivity index (χ4v) is 5.04. The van der Waals surface area contributed by atoms with E-state index >= 15 is 0 Å². The Morgan fingerprint density at radius 2 is 2.39 bits per heavy atom. The van der Waals surface area contributed by atoms with E-state index in [1.165, 1.54) is 17.3 Å². The molecule has 3 nitrogen and oxygen atoms in total. The number of aromatic nitrogens is 3. The third kappa shape index (κ3) is 2.49. The molecule has 3 heterocycles. The van der Waals surface area contributed by atoms with Crippen LogP contribution in [0.3, 0.4) is 0 Å². The van der Waals surface area contributed by atoms with Gasteiger partial charge in [-0.15, -0.1) is 11.6 Å². The van der Waals surface area contributed by atoms with Crippen molar-refractivity contribution in [3.05, 3.63) is 24.3 Å². The minimum Gasteiger partial charge on any atom is -0.326 e. The van der Waals surface area contributed by atoms with Gasteiger partial charge in [-0.2, -0.15) is 23.5 Å². The molecule has 1 fully saturated rings. The van der Waals surface area contributed by atoms with Gasteiger partial charge in [0.15, 0.2) is 0 Å². The van der Waals surface area contributed by atoms with E-state index in [4.69, 9.17) is 11.6 Å². The van der Waals surface area contributed by atoms with Crippen LogP contribution in [0.25, 0.3) is 11.0 Å². The maximum Gasteiger partial charge on any atom is 0.124 e. The highest BCUT2D eigenvalue weighted by Crippen LogP contribution is 2.27. The second-order valence-corrected chi connectivity index (χ2v) is 7.03. The predicted molar refractivity (Wildman–Crippen MR) is 80.7 cm³/mol. The van der Waals surface area contributed by atoms with Gasteiger partial charge in [-0.3, -0.25) is 4.98 Å². The summed E-state index contributed by atoms with van der Waals surface area (Å²) in [4.78, 5) is 8.67. The van der Waals surface area contributed by atoms with Crippen LogP contribution >= 0.6 is 35.1 Å². The van der Waals surface area contributed by atoms with Crippen molar-refractivity contribution in [1.29, 1.82) is 0 Å². The van der Waals surface area contributed by atoms with Crippen LogP contribution in [0, 0.1) is 0 Å². The Hall–Kier alpha value is -0.390. The van der Waals surface area contributed by atoms with E-state index < -0.39 is 0 Å². The summed E-state index contributed by atoms with van der Waals surface area (Å²) >= 11 is 10.1. The first kappa shape index (κ1) is 12.6. The summed E-state index contributed by atoms with van der Waals surface area (Å²) in [5.41, 5.74) is 2.10. The SMILES string of the molecule is ClCc1nc2cnccc2n1CC1CSCCS1. The minimum absolute atomic E-state index is 0.458. The molecule has 0 spiro atoms. The van der Waals surface area contributed by atoms with E-state index in [0.717, 1.165) is 23.4 Å². The van der Waals surface area contributed by atoms with Crippen molar-refractivity contribution in [2.24, 2.45) is 0 Å². The van der Waals surface area contributed by atoms with Gasteiger partial charge in [0.2, 0.25) is 0 Å². The topological polar surface area (TPSA) is 30.7 Å². The van der Waals surface area contributed by atoms with Crippen molar-refractivity contribution in [2.45, 2.75) is 17.7 Å². The predicted octanol–water partition coefficient (Wildman–Crippen LogP) is 3.02. The van der Waals surface area contributed by atoms with Crippen LogP contribution in [0.1, 0.15) is 5.82 Å². The molecule has 1 saturated heterocycles. The quantitative estimate of drug-likeness (QED) is 0.815. The fraction of sp³-hybridized carbons (Fsp3) is 0.500. The summed E-state index contributed by atoms with van der Waals surface area (Å²) in [6.07, 6.45) is 3.63. The molecule has 2 aromatic rings. The van der Waals surface area contributed by atoms with E-state index in [0.29, 0.717) is 11.1 Å².